The number of H-pyrrole nitrogens is 1. The van der Waals surface area contributed by atoms with Crippen LogP contribution < -0.4 is 0 Å². The maximum Gasteiger partial charge on any atom is 0.0500 e. The van der Waals surface area contributed by atoms with Crippen LogP contribution in [0.4, 0.5) is 0 Å². The minimum atomic E-state index is 0.624. The predicted molar refractivity (Wildman–Crippen MR) is 93.0 cm³/mol. The first-order valence-electron chi connectivity index (χ1n) is 8.30. The fourth-order valence-corrected chi connectivity index (χ4v) is 3.34. The highest BCUT2D eigenvalue weighted by molar-refractivity contribution is 6.08. The molecule has 2 aromatic carbocycles. The third-order valence-corrected chi connectivity index (χ3v) is 4.60. The van der Waals surface area contributed by atoms with Crippen LogP contribution in [0.2, 0.25) is 0 Å². The molecular formula is C20H25N. The van der Waals surface area contributed by atoms with E-state index in [1.165, 1.54) is 59.5 Å². The molecule has 0 aliphatic rings. The molecule has 1 nitrogen and oxygen atoms in total. The van der Waals surface area contributed by atoms with Crippen LogP contribution in [0, 0.1) is 0 Å². The zero-order valence-corrected chi connectivity index (χ0v) is 13.2. The number of aromatic amines is 1. The Balaban J connectivity index is 1.91. The molecule has 1 heteroatoms. The summed E-state index contributed by atoms with van der Waals surface area (Å²) in [6, 6.07) is 15.3. The average Bonchev–Trinajstić information content (AvgIpc) is 2.90. The van der Waals surface area contributed by atoms with Crippen molar-refractivity contribution in [3.8, 4) is 0 Å². The summed E-state index contributed by atoms with van der Waals surface area (Å²) in [6.45, 7) is 4.64. The number of nitrogens with one attached hydrogen (secondary N) is 1. The van der Waals surface area contributed by atoms with Crippen LogP contribution in [0.3, 0.4) is 0 Å². The van der Waals surface area contributed by atoms with Crippen LogP contribution in [0.15, 0.2) is 42.5 Å². The summed E-state index contributed by atoms with van der Waals surface area (Å²) in [5, 5.41) is 2.70. The highest BCUT2D eigenvalue weighted by Gasteiger charge is 2.12. The van der Waals surface area contributed by atoms with E-state index < -0.39 is 0 Å². The van der Waals surface area contributed by atoms with E-state index in [-0.39, 0.29) is 0 Å². The summed E-state index contributed by atoms with van der Waals surface area (Å²) in [7, 11) is 0. The Labute approximate surface area is 127 Å². The second-order valence-corrected chi connectivity index (χ2v) is 6.19. The van der Waals surface area contributed by atoms with Gasteiger partial charge in [-0.2, -0.15) is 0 Å². The molecule has 110 valence electrons. The van der Waals surface area contributed by atoms with Gasteiger partial charge in [-0.15, -0.1) is 0 Å². The van der Waals surface area contributed by atoms with Crippen molar-refractivity contribution in [1.82, 2.24) is 4.98 Å². The van der Waals surface area contributed by atoms with Crippen LogP contribution in [0.25, 0.3) is 21.8 Å². The monoisotopic (exact) mass is 279 g/mol. The average molecular weight is 279 g/mol. The predicted octanol–water partition coefficient (Wildman–Crippen LogP) is 6.40. The van der Waals surface area contributed by atoms with Gasteiger partial charge in [0.05, 0.1) is 0 Å². The first-order chi connectivity index (χ1) is 10.3. The van der Waals surface area contributed by atoms with Gasteiger partial charge in [0.1, 0.15) is 0 Å². The third kappa shape index (κ3) is 2.83. The topological polar surface area (TPSA) is 15.8 Å². The molecule has 0 bridgehead atoms. The standard InChI is InChI=1S/C20H25N/c1-3-4-5-6-10-15(2)16-12-9-13-18-17-11-7-8-14-19(17)21-20(16)18/h7-9,11-15,21H,3-6,10H2,1-2H3. The maximum atomic E-state index is 3.63. The Morgan fingerprint density at radius 3 is 2.57 bits per heavy atom. The molecule has 0 aliphatic heterocycles. The van der Waals surface area contributed by atoms with Crippen molar-refractivity contribution in [2.75, 3.05) is 0 Å². The lowest BCUT2D eigenvalue weighted by atomic mass is 9.93. The van der Waals surface area contributed by atoms with Crippen molar-refractivity contribution >= 4 is 21.8 Å². The zero-order valence-electron chi connectivity index (χ0n) is 13.2. The summed E-state index contributed by atoms with van der Waals surface area (Å²) < 4.78 is 0. The number of fused-ring (bicyclic) bond motifs is 3. The van der Waals surface area contributed by atoms with E-state index in [4.69, 9.17) is 0 Å². The molecule has 3 aromatic rings. The van der Waals surface area contributed by atoms with E-state index >= 15 is 0 Å². The van der Waals surface area contributed by atoms with Gasteiger partial charge in [-0.1, -0.05) is 75.9 Å². The number of hydrogen-bond donors (Lipinski definition) is 1. The molecule has 1 aromatic heterocycles. The van der Waals surface area contributed by atoms with Crippen molar-refractivity contribution < 1.29 is 0 Å². The Hall–Kier alpha value is -1.76. The van der Waals surface area contributed by atoms with Crippen molar-refractivity contribution in [3.63, 3.8) is 0 Å². The minimum absolute atomic E-state index is 0.624. The minimum Gasteiger partial charge on any atom is -0.354 e. The summed E-state index contributed by atoms with van der Waals surface area (Å²) in [5.41, 5.74) is 4.06. The van der Waals surface area contributed by atoms with Gasteiger partial charge < -0.3 is 4.98 Å². The number of unbranched alkanes of at least 4 members (excludes halogenated alkanes) is 3. The van der Waals surface area contributed by atoms with E-state index in [0.717, 1.165) is 0 Å². The lowest BCUT2D eigenvalue weighted by Crippen LogP contribution is -1.95. The smallest absolute Gasteiger partial charge is 0.0500 e. The van der Waals surface area contributed by atoms with Crippen LogP contribution in [0.5, 0.6) is 0 Å². The van der Waals surface area contributed by atoms with Gasteiger partial charge >= 0.3 is 0 Å². The van der Waals surface area contributed by atoms with Crippen molar-refractivity contribution in [1.29, 1.82) is 0 Å². The number of rotatable bonds is 6. The van der Waals surface area contributed by atoms with Crippen LogP contribution in [-0.4, -0.2) is 4.98 Å². The highest BCUT2D eigenvalue weighted by atomic mass is 14.7. The molecule has 0 spiro atoms. The normalized spacial score (nSPS) is 13.0. The van der Waals surface area contributed by atoms with Gasteiger partial charge in [0.2, 0.25) is 0 Å². The number of para-hydroxylation sites is 2. The van der Waals surface area contributed by atoms with E-state index in [1.807, 2.05) is 0 Å². The van der Waals surface area contributed by atoms with E-state index in [1.54, 1.807) is 0 Å². The highest BCUT2D eigenvalue weighted by Crippen LogP contribution is 2.32. The molecular weight excluding hydrogens is 254 g/mol. The quantitative estimate of drug-likeness (QED) is 0.503. The largest absolute Gasteiger partial charge is 0.354 e. The molecule has 0 saturated carbocycles. The lowest BCUT2D eigenvalue weighted by molar-refractivity contribution is 0.581. The van der Waals surface area contributed by atoms with Gasteiger partial charge in [0.25, 0.3) is 0 Å². The Morgan fingerprint density at radius 2 is 1.71 bits per heavy atom. The Bertz CT molecular complexity index is 723. The molecule has 1 heterocycles. The molecule has 0 aliphatic carbocycles. The molecule has 1 N–H and O–H groups in total. The number of hydrogen-bond acceptors (Lipinski definition) is 0. The second kappa shape index (κ2) is 6.34. The maximum absolute atomic E-state index is 3.63. The van der Waals surface area contributed by atoms with E-state index in [0.29, 0.717) is 5.92 Å². The Kier molecular flexibility index (Phi) is 4.28. The zero-order chi connectivity index (χ0) is 14.7. The van der Waals surface area contributed by atoms with Crippen LogP contribution >= 0.6 is 0 Å². The molecule has 0 fully saturated rings. The molecule has 0 amide bonds. The van der Waals surface area contributed by atoms with Crippen LogP contribution in [-0.2, 0) is 0 Å². The first kappa shape index (κ1) is 14.2. The SMILES string of the molecule is CCCCCCC(C)c1cccc2c1[nH]c1ccccc12. The fraction of sp³-hybridized carbons (Fsp3) is 0.400. The number of aromatic nitrogens is 1. The molecule has 0 radical (unpaired) electrons. The van der Waals surface area contributed by atoms with Crippen LogP contribution in [0.1, 0.15) is 57.4 Å². The summed E-state index contributed by atoms with van der Waals surface area (Å²) in [6.07, 6.45) is 6.67. The van der Waals surface area contributed by atoms with Crippen molar-refractivity contribution in [2.45, 2.75) is 51.9 Å². The summed E-state index contributed by atoms with van der Waals surface area (Å²) >= 11 is 0. The van der Waals surface area contributed by atoms with Gasteiger partial charge in [-0.05, 0) is 24.0 Å². The summed E-state index contributed by atoms with van der Waals surface area (Å²) in [5.74, 6) is 0.624. The second-order valence-electron chi connectivity index (χ2n) is 6.19. The van der Waals surface area contributed by atoms with E-state index in [2.05, 4.69) is 61.3 Å². The molecule has 0 saturated heterocycles. The van der Waals surface area contributed by atoms with Gasteiger partial charge in [0.15, 0.2) is 0 Å². The molecule has 1 unspecified atom stereocenters. The lowest BCUT2D eigenvalue weighted by Gasteiger charge is -2.13. The van der Waals surface area contributed by atoms with Crippen molar-refractivity contribution in [3.05, 3.63) is 48.0 Å². The third-order valence-electron chi connectivity index (χ3n) is 4.60. The molecule has 3 rings (SSSR count). The van der Waals surface area contributed by atoms with Gasteiger partial charge in [-0.25, -0.2) is 0 Å². The Morgan fingerprint density at radius 1 is 0.905 bits per heavy atom. The molecule has 21 heavy (non-hydrogen) atoms. The fourth-order valence-electron chi connectivity index (χ4n) is 3.34. The van der Waals surface area contributed by atoms with Gasteiger partial charge in [0, 0.05) is 21.8 Å². The summed E-state index contributed by atoms with van der Waals surface area (Å²) in [4.78, 5) is 3.63. The van der Waals surface area contributed by atoms with E-state index in [9.17, 15) is 0 Å². The number of benzene rings is 2. The molecule has 1 atom stereocenters. The van der Waals surface area contributed by atoms with Gasteiger partial charge in [-0.3, -0.25) is 0 Å². The first-order valence-corrected chi connectivity index (χ1v) is 8.30. The van der Waals surface area contributed by atoms with Crippen molar-refractivity contribution in [2.24, 2.45) is 0 Å².